The maximum atomic E-state index is 10.9. The average molecular weight is 447 g/mol. The normalized spacial score (nSPS) is 10.4. The number of aryl methyl sites for hydroxylation is 4. The molecule has 0 aliphatic carbocycles. The fourth-order valence-corrected chi connectivity index (χ4v) is 4.14. The minimum atomic E-state index is -0.0472. The van der Waals surface area contributed by atoms with Crippen LogP contribution in [0.1, 0.15) is 74.6 Å². The van der Waals surface area contributed by atoms with Gasteiger partial charge in [-0.25, -0.2) is 0 Å². The average Bonchev–Trinajstić information content (AvgIpc) is 2.70. The van der Waals surface area contributed by atoms with Gasteiger partial charge in [0.15, 0.2) is 0 Å². The number of rotatable bonds is 9. The summed E-state index contributed by atoms with van der Waals surface area (Å²) in [5.74, 6) is 0.620. The van der Waals surface area contributed by atoms with Crippen molar-refractivity contribution < 1.29 is 19.7 Å². The Labute approximate surface area is 192 Å². The number of aromatic hydroxyl groups is 2. The molecule has 172 valence electrons. The fourth-order valence-electron chi connectivity index (χ4n) is 2.99. The van der Waals surface area contributed by atoms with Crippen molar-refractivity contribution in [3.05, 3.63) is 46.5 Å². The molecule has 0 spiro atoms. The first-order chi connectivity index (χ1) is 14.7. The summed E-state index contributed by atoms with van der Waals surface area (Å²) in [7, 11) is 0. The minimum absolute atomic E-state index is 0.0472. The number of unbranched alkanes of at least 4 members (excludes halogenated alkanes) is 4. The lowest BCUT2D eigenvalue weighted by Crippen LogP contribution is -2.02. The number of phenols is 2. The fraction of sp³-hybridized carbons (Fsp3) is 0.500. The summed E-state index contributed by atoms with van der Waals surface area (Å²) in [5.41, 5.74) is 3.86. The predicted molar refractivity (Wildman–Crippen MR) is 129 cm³/mol. The number of carbonyl (C=O) groups is 1. The molecule has 31 heavy (non-hydrogen) atoms. The second-order valence-corrected chi connectivity index (χ2v) is 8.96. The van der Waals surface area contributed by atoms with Crippen LogP contribution in [-0.2, 0) is 9.53 Å². The van der Waals surface area contributed by atoms with Crippen molar-refractivity contribution in [3.8, 4) is 11.5 Å². The smallest absolute Gasteiger partial charge is 0.305 e. The van der Waals surface area contributed by atoms with E-state index in [1.54, 1.807) is 23.9 Å². The van der Waals surface area contributed by atoms with Gasteiger partial charge in [0.1, 0.15) is 11.5 Å². The molecule has 2 aromatic rings. The van der Waals surface area contributed by atoms with Crippen LogP contribution in [0.5, 0.6) is 11.5 Å². The summed E-state index contributed by atoms with van der Waals surface area (Å²) in [5, 5.41) is 19.4. The highest BCUT2D eigenvalue weighted by atomic mass is 32.2. The van der Waals surface area contributed by atoms with E-state index in [1.165, 1.54) is 19.3 Å². The zero-order chi connectivity index (χ0) is 23.4. The third-order valence-electron chi connectivity index (χ3n) is 5.00. The second-order valence-electron chi connectivity index (χ2n) is 7.88. The summed E-state index contributed by atoms with van der Waals surface area (Å²) in [6, 6.07) is 7.58. The molecule has 5 heteroatoms. The Bertz CT molecular complexity index is 790. The zero-order valence-corrected chi connectivity index (χ0v) is 20.7. The maximum Gasteiger partial charge on any atom is 0.305 e. The second kappa shape index (κ2) is 14.0. The molecule has 0 aromatic heterocycles. The Hall–Kier alpha value is -2.14. The van der Waals surface area contributed by atoms with Crippen molar-refractivity contribution in [1.29, 1.82) is 0 Å². The standard InChI is InChI=1S/C16H18O2S.C10H20O2/c1-9-7-15(11(3)5-13(9)17)19-16-8-10(2)14(18)6-12(16)4;1-3-5-6-7-8-9-10(11)12-4-2/h5-8,17-18H,1-4H3;3-9H2,1-2H3. The van der Waals surface area contributed by atoms with Crippen LogP contribution in [0, 0.1) is 27.7 Å². The van der Waals surface area contributed by atoms with Gasteiger partial charge in [0.05, 0.1) is 6.61 Å². The van der Waals surface area contributed by atoms with E-state index in [9.17, 15) is 15.0 Å². The number of esters is 1. The van der Waals surface area contributed by atoms with Crippen molar-refractivity contribution >= 4 is 17.7 Å². The molecule has 0 atom stereocenters. The molecular formula is C26H38O4S. The Morgan fingerprint density at radius 3 is 1.71 bits per heavy atom. The lowest BCUT2D eigenvalue weighted by Gasteiger charge is -2.12. The summed E-state index contributed by atoms with van der Waals surface area (Å²) in [4.78, 5) is 13.1. The Morgan fingerprint density at radius 2 is 1.26 bits per heavy atom. The van der Waals surface area contributed by atoms with Crippen molar-refractivity contribution in [2.24, 2.45) is 0 Å². The van der Waals surface area contributed by atoms with Gasteiger partial charge in [-0.2, -0.15) is 0 Å². The van der Waals surface area contributed by atoms with E-state index in [1.807, 2.05) is 46.8 Å². The molecule has 0 saturated carbocycles. The maximum absolute atomic E-state index is 10.9. The third-order valence-corrected chi connectivity index (χ3v) is 6.32. The van der Waals surface area contributed by atoms with Gasteiger partial charge in [-0.15, -0.1) is 0 Å². The lowest BCUT2D eigenvalue weighted by atomic mass is 10.1. The highest BCUT2D eigenvalue weighted by Crippen LogP contribution is 2.37. The number of phenolic OH excluding ortho intramolecular Hbond substituents is 2. The lowest BCUT2D eigenvalue weighted by molar-refractivity contribution is -0.143. The summed E-state index contributed by atoms with van der Waals surface area (Å²) in [6.45, 7) is 12.3. The summed E-state index contributed by atoms with van der Waals surface area (Å²) < 4.78 is 4.81. The third kappa shape index (κ3) is 9.69. The Kier molecular flexibility index (Phi) is 12.2. The minimum Gasteiger partial charge on any atom is -0.508 e. The van der Waals surface area contributed by atoms with Crippen molar-refractivity contribution in [3.63, 3.8) is 0 Å². The van der Waals surface area contributed by atoms with Crippen LogP contribution in [0.4, 0.5) is 0 Å². The van der Waals surface area contributed by atoms with Crippen LogP contribution in [0.15, 0.2) is 34.1 Å². The first kappa shape index (κ1) is 26.9. The van der Waals surface area contributed by atoms with Gasteiger partial charge in [0, 0.05) is 16.2 Å². The first-order valence-corrected chi connectivity index (χ1v) is 11.9. The van der Waals surface area contributed by atoms with E-state index < -0.39 is 0 Å². The SMILES string of the molecule is CCCCCCCC(=O)OCC.Cc1cc(Sc2cc(C)c(O)cc2C)c(C)cc1O. The van der Waals surface area contributed by atoms with E-state index in [0.717, 1.165) is 44.9 Å². The van der Waals surface area contributed by atoms with Crippen molar-refractivity contribution in [2.45, 2.75) is 89.9 Å². The molecule has 0 amide bonds. The molecular weight excluding hydrogens is 408 g/mol. The van der Waals surface area contributed by atoms with Gasteiger partial charge in [-0.05, 0) is 87.6 Å². The highest BCUT2D eigenvalue weighted by Gasteiger charge is 2.09. The van der Waals surface area contributed by atoms with Crippen LogP contribution in [0.2, 0.25) is 0 Å². The van der Waals surface area contributed by atoms with Crippen LogP contribution in [-0.4, -0.2) is 22.8 Å². The molecule has 0 unspecified atom stereocenters. The summed E-state index contributed by atoms with van der Waals surface area (Å²) in [6.07, 6.45) is 6.52. The molecule has 2 rings (SSSR count). The van der Waals surface area contributed by atoms with E-state index >= 15 is 0 Å². The molecule has 2 N–H and O–H groups in total. The Balaban J connectivity index is 0.000000348. The molecule has 0 heterocycles. The number of carbonyl (C=O) groups excluding carboxylic acids is 1. The Morgan fingerprint density at radius 1 is 0.774 bits per heavy atom. The highest BCUT2D eigenvalue weighted by molar-refractivity contribution is 7.99. The number of ether oxygens (including phenoxy) is 1. The molecule has 0 fully saturated rings. The number of hydrogen-bond donors (Lipinski definition) is 2. The van der Waals surface area contributed by atoms with E-state index in [-0.39, 0.29) is 5.97 Å². The monoisotopic (exact) mass is 446 g/mol. The molecule has 0 bridgehead atoms. The van der Waals surface area contributed by atoms with Crippen LogP contribution in [0.25, 0.3) is 0 Å². The van der Waals surface area contributed by atoms with E-state index in [2.05, 4.69) is 6.92 Å². The van der Waals surface area contributed by atoms with Gasteiger partial charge in [0.2, 0.25) is 0 Å². The van der Waals surface area contributed by atoms with Gasteiger partial charge in [-0.1, -0.05) is 44.4 Å². The van der Waals surface area contributed by atoms with Crippen LogP contribution >= 0.6 is 11.8 Å². The van der Waals surface area contributed by atoms with Gasteiger partial charge in [0.25, 0.3) is 0 Å². The van der Waals surface area contributed by atoms with Gasteiger partial charge < -0.3 is 14.9 Å². The quantitative estimate of drug-likeness (QED) is 0.310. The summed E-state index contributed by atoms with van der Waals surface area (Å²) >= 11 is 1.66. The molecule has 0 aliphatic heterocycles. The van der Waals surface area contributed by atoms with E-state index in [4.69, 9.17) is 4.74 Å². The molecule has 0 saturated heterocycles. The predicted octanol–water partition coefficient (Wildman–Crippen LogP) is 7.39. The molecule has 0 radical (unpaired) electrons. The first-order valence-electron chi connectivity index (χ1n) is 11.1. The van der Waals surface area contributed by atoms with Gasteiger partial charge in [-0.3, -0.25) is 4.79 Å². The number of hydrogen-bond acceptors (Lipinski definition) is 5. The largest absolute Gasteiger partial charge is 0.508 e. The van der Waals surface area contributed by atoms with E-state index in [0.29, 0.717) is 24.5 Å². The topological polar surface area (TPSA) is 66.8 Å². The molecule has 2 aromatic carbocycles. The number of benzene rings is 2. The molecule has 4 nitrogen and oxygen atoms in total. The van der Waals surface area contributed by atoms with Crippen LogP contribution in [0.3, 0.4) is 0 Å². The van der Waals surface area contributed by atoms with Crippen molar-refractivity contribution in [1.82, 2.24) is 0 Å². The van der Waals surface area contributed by atoms with Crippen LogP contribution < -0.4 is 0 Å². The van der Waals surface area contributed by atoms with Gasteiger partial charge >= 0.3 is 5.97 Å². The zero-order valence-electron chi connectivity index (χ0n) is 19.9. The van der Waals surface area contributed by atoms with Crippen molar-refractivity contribution in [2.75, 3.05) is 6.61 Å². The molecule has 0 aliphatic rings.